The number of nitrogens with two attached hydrogens (primary N) is 1. The third-order valence-corrected chi connectivity index (χ3v) is 3.36. The molecule has 0 amide bonds. The van der Waals surface area contributed by atoms with Crippen molar-refractivity contribution in [1.82, 2.24) is 9.55 Å². The summed E-state index contributed by atoms with van der Waals surface area (Å²) in [6, 6.07) is 1.29. The van der Waals surface area contributed by atoms with Crippen molar-refractivity contribution in [3.05, 3.63) is 22.7 Å². The molecule has 0 aliphatic carbocycles. The number of rotatable bonds is 4. The number of phosphoric acid groups is 1. The maximum absolute atomic E-state index is 11.6. The zero-order chi connectivity index (χ0) is 15.8. The van der Waals surface area contributed by atoms with E-state index in [9.17, 15) is 19.6 Å². The first kappa shape index (κ1) is 23.7. The number of nitrogen functional groups attached to an aromatic ring is 1. The van der Waals surface area contributed by atoms with Crippen LogP contribution in [0.15, 0.2) is 17.1 Å². The minimum absolute atomic E-state index is 0. The van der Waals surface area contributed by atoms with Crippen molar-refractivity contribution in [1.29, 1.82) is 0 Å². The van der Waals surface area contributed by atoms with Crippen LogP contribution in [0.25, 0.3) is 0 Å². The number of ether oxygens (including phenoxy) is 1. The molecule has 1 saturated heterocycles. The van der Waals surface area contributed by atoms with Crippen LogP contribution >= 0.6 is 7.82 Å². The largest absolute Gasteiger partial charge is 1.00 e. The number of aliphatic hydroxyl groups is 2. The van der Waals surface area contributed by atoms with Gasteiger partial charge in [0.05, 0.1) is 6.61 Å². The van der Waals surface area contributed by atoms with Crippen molar-refractivity contribution in [3.8, 4) is 0 Å². The second kappa shape index (κ2) is 9.39. The van der Waals surface area contributed by atoms with Crippen molar-refractivity contribution in [2.24, 2.45) is 0 Å². The molecule has 1 fully saturated rings. The van der Waals surface area contributed by atoms with Crippen LogP contribution < -0.4 is 70.5 Å². The van der Waals surface area contributed by atoms with E-state index >= 15 is 0 Å². The van der Waals surface area contributed by atoms with Crippen molar-refractivity contribution in [3.63, 3.8) is 0 Å². The Kier molecular flexibility index (Phi) is 9.66. The van der Waals surface area contributed by atoms with Gasteiger partial charge >= 0.3 is 72.6 Å². The maximum atomic E-state index is 11.6. The van der Waals surface area contributed by atoms with Gasteiger partial charge in [0.2, 0.25) is 0 Å². The van der Waals surface area contributed by atoms with Crippen LogP contribution in [0.2, 0.25) is 0 Å². The van der Waals surface area contributed by atoms with E-state index < -0.39 is 44.7 Å². The molecule has 0 bridgehead atoms. The van der Waals surface area contributed by atoms with Crippen LogP contribution in [-0.4, -0.2) is 54.5 Å². The summed E-state index contributed by atoms with van der Waals surface area (Å²) in [5, 5.41) is 19.6. The number of hydrogen-bond acceptors (Lipinski definition) is 8. The van der Waals surface area contributed by atoms with E-state index in [-0.39, 0.29) is 64.9 Å². The Morgan fingerprint density at radius 1 is 1.35 bits per heavy atom. The molecule has 118 valence electrons. The van der Waals surface area contributed by atoms with Crippen LogP contribution in [0.3, 0.4) is 0 Å². The Morgan fingerprint density at radius 3 is 2.48 bits per heavy atom. The Balaban J connectivity index is 0.00000242. The van der Waals surface area contributed by atoms with Crippen molar-refractivity contribution >= 4 is 13.6 Å². The van der Waals surface area contributed by atoms with Crippen LogP contribution in [0.1, 0.15) is 6.23 Å². The predicted octanol–water partition coefficient (Wildman–Crippen LogP) is -8.44. The molecule has 4 unspecified atom stereocenters. The quantitative estimate of drug-likeness (QED) is 0.253. The van der Waals surface area contributed by atoms with Gasteiger partial charge in [-0.3, -0.25) is 9.09 Å². The van der Waals surface area contributed by atoms with Gasteiger partial charge in [0, 0.05) is 6.20 Å². The molecule has 0 spiro atoms. The van der Waals surface area contributed by atoms with Crippen LogP contribution in [0, 0.1) is 0 Å². The molecule has 1 aromatic rings. The first-order valence-electron chi connectivity index (χ1n) is 5.75. The van der Waals surface area contributed by atoms with Gasteiger partial charge in [-0.15, -0.1) is 0 Å². The Labute approximate surface area is 174 Å². The summed E-state index contributed by atoms with van der Waals surface area (Å²) < 4.78 is 20.9. The molecule has 23 heavy (non-hydrogen) atoms. The van der Waals surface area contributed by atoms with Gasteiger partial charge < -0.3 is 30.5 Å². The molecule has 14 heteroatoms. The van der Waals surface area contributed by atoms with Crippen LogP contribution in [0.4, 0.5) is 5.82 Å². The molecule has 1 aliphatic heterocycles. The molecule has 1 aromatic heterocycles. The molecule has 0 aromatic carbocycles. The second-order valence-corrected chi connectivity index (χ2v) is 5.61. The molecular weight excluding hydrogens is 355 g/mol. The minimum Gasteiger partial charge on any atom is -0.387 e. The van der Waals surface area contributed by atoms with Crippen molar-refractivity contribution in [2.45, 2.75) is 24.5 Å². The van der Waals surface area contributed by atoms with E-state index in [1.54, 1.807) is 0 Å². The fraction of sp³-hybridized carbons (Fsp3) is 0.556. The third kappa shape index (κ3) is 6.15. The van der Waals surface area contributed by atoms with Gasteiger partial charge in [-0.2, -0.15) is 4.98 Å². The number of aromatic nitrogens is 2. The summed E-state index contributed by atoms with van der Waals surface area (Å²) in [6.07, 6.45) is -4.27. The normalized spacial score (nSPS) is 27.1. The minimum atomic E-state index is -4.74. The van der Waals surface area contributed by atoms with Gasteiger partial charge in [-0.05, 0) is 6.07 Å². The molecule has 11 nitrogen and oxygen atoms in total. The first-order chi connectivity index (χ1) is 9.69. The van der Waals surface area contributed by atoms with E-state index in [1.807, 2.05) is 0 Å². The van der Waals surface area contributed by atoms with Gasteiger partial charge in [0.25, 0.3) is 0 Å². The summed E-state index contributed by atoms with van der Waals surface area (Å²) in [4.78, 5) is 32.3. The number of aliphatic hydroxyl groups excluding tert-OH is 2. The summed E-state index contributed by atoms with van der Waals surface area (Å²) in [5.41, 5.74) is 4.52. The fourth-order valence-corrected chi connectivity index (χ4v) is 2.23. The SMILES string of the molecule is Nc1ccn(C2OC(COP(=O)(O)O)C(O)C2O)c(=O)n1.[Na+].[Na+]. The molecule has 4 atom stereocenters. The zero-order valence-electron chi connectivity index (χ0n) is 12.5. The fourth-order valence-electron chi connectivity index (χ4n) is 1.89. The first-order valence-corrected chi connectivity index (χ1v) is 7.28. The molecule has 2 rings (SSSR count). The molecule has 1 aliphatic rings. The molecule has 2 heterocycles. The van der Waals surface area contributed by atoms with Gasteiger partial charge in [0.15, 0.2) is 6.23 Å². The van der Waals surface area contributed by atoms with Gasteiger partial charge in [-0.1, -0.05) is 0 Å². The number of phosphoric ester groups is 1. The predicted molar refractivity (Wildman–Crippen MR) is 66.8 cm³/mol. The Hall–Kier alpha value is 0.670. The zero-order valence-corrected chi connectivity index (χ0v) is 17.4. The van der Waals surface area contributed by atoms with Crippen LogP contribution in [0.5, 0.6) is 0 Å². The Morgan fingerprint density at radius 2 is 1.96 bits per heavy atom. The summed E-state index contributed by atoms with van der Waals surface area (Å²) in [7, 11) is -4.74. The molecule has 0 radical (unpaired) electrons. The summed E-state index contributed by atoms with van der Waals surface area (Å²) >= 11 is 0. The molecule has 6 N–H and O–H groups in total. The van der Waals surface area contributed by atoms with Gasteiger partial charge in [0.1, 0.15) is 24.1 Å². The monoisotopic (exact) mass is 369 g/mol. The summed E-state index contributed by atoms with van der Waals surface area (Å²) in [5.74, 6) is -0.0225. The average Bonchev–Trinajstić information content (AvgIpc) is 2.64. The number of hydrogen-bond donors (Lipinski definition) is 5. The second-order valence-electron chi connectivity index (χ2n) is 4.37. The standard InChI is InChI=1S/C9H14N3O8P.2Na/c10-5-1-2-12(9(15)11-5)8-7(14)6(13)4(20-8)3-19-21(16,17)18;;/h1-2,4,6-8,13-14H,3H2,(H2,10,11,15)(H2,16,17,18);;/q;2*+1. The smallest absolute Gasteiger partial charge is 0.387 e. The third-order valence-electron chi connectivity index (χ3n) is 2.87. The van der Waals surface area contributed by atoms with Gasteiger partial charge in [-0.25, -0.2) is 9.36 Å². The van der Waals surface area contributed by atoms with Crippen molar-refractivity contribution in [2.75, 3.05) is 12.3 Å². The molecule has 0 saturated carbocycles. The summed E-state index contributed by atoms with van der Waals surface area (Å²) in [6.45, 7) is -0.657. The van der Waals surface area contributed by atoms with Crippen molar-refractivity contribution < 1.29 is 92.9 Å². The average molecular weight is 369 g/mol. The Bertz CT molecular complexity index is 625. The van der Waals surface area contributed by atoms with Crippen LogP contribution in [-0.2, 0) is 13.8 Å². The molecular formula is C9H14N3Na2O8P+2. The number of anilines is 1. The maximum Gasteiger partial charge on any atom is 1.00 e. The number of nitrogens with zero attached hydrogens (tertiary/aromatic N) is 2. The van der Waals surface area contributed by atoms with E-state index in [1.165, 1.54) is 12.3 Å². The van der Waals surface area contributed by atoms with E-state index in [2.05, 4.69) is 9.51 Å². The van der Waals surface area contributed by atoms with E-state index in [4.69, 9.17) is 20.3 Å². The topological polar surface area (TPSA) is 177 Å². The van der Waals surface area contributed by atoms with E-state index in [0.717, 1.165) is 4.57 Å². The van der Waals surface area contributed by atoms with E-state index in [0.29, 0.717) is 0 Å².